The maximum atomic E-state index is 9.22. The molecule has 88 valence electrons. The Hall–Kier alpha value is -1.31. The van der Waals surface area contributed by atoms with Gasteiger partial charge in [0.15, 0.2) is 0 Å². The minimum atomic E-state index is -0.284. The molecule has 0 bridgehead atoms. The molecule has 0 saturated carbocycles. The Kier molecular flexibility index (Phi) is 4.53. The molecule has 1 aromatic heterocycles. The maximum absolute atomic E-state index is 9.22. The zero-order valence-corrected chi connectivity index (χ0v) is 10.1. The highest BCUT2D eigenvalue weighted by Crippen LogP contribution is 2.06. The zero-order chi connectivity index (χ0) is 12.1. The number of rotatable bonds is 5. The highest BCUT2D eigenvalue weighted by Gasteiger charge is 2.07. The number of aliphatic hydroxyl groups excluding tert-OH is 1. The summed E-state index contributed by atoms with van der Waals surface area (Å²) < 4.78 is 1.82. The van der Waals surface area contributed by atoms with Gasteiger partial charge in [-0.2, -0.15) is 5.26 Å². The van der Waals surface area contributed by atoms with Gasteiger partial charge in [-0.3, -0.25) is 0 Å². The molecule has 0 saturated heterocycles. The van der Waals surface area contributed by atoms with Gasteiger partial charge in [-0.15, -0.1) is 0 Å². The van der Waals surface area contributed by atoms with Crippen LogP contribution in [0.25, 0.3) is 0 Å². The molecule has 2 N–H and O–H groups in total. The van der Waals surface area contributed by atoms with Gasteiger partial charge in [-0.1, -0.05) is 0 Å². The Balaban J connectivity index is 2.46. The average Bonchev–Trinajstić information content (AvgIpc) is 2.55. The van der Waals surface area contributed by atoms with E-state index < -0.39 is 0 Å². The predicted octanol–water partition coefficient (Wildman–Crippen LogP) is 1.15. The first kappa shape index (κ1) is 12.8. The molecule has 4 heteroatoms. The Bertz CT molecular complexity index is 376. The van der Waals surface area contributed by atoms with Crippen molar-refractivity contribution in [3.63, 3.8) is 0 Å². The van der Waals surface area contributed by atoms with Gasteiger partial charge >= 0.3 is 0 Å². The van der Waals surface area contributed by atoms with Gasteiger partial charge < -0.3 is 15.0 Å². The minimum Gasteiger partial charge on any atom is -0.393 e. The lowest BCUT2D eigenvalue weighted by atomic mass is 10.1. The monoisotopic (exact) mass is 221 g/mol. The van der Waals surface area contributed by atoms with Crippen LogP contribution in [0.1, 0.15) is 31.5 Å². The average molecular weight is 221 g/mol. The van der Waals surface area contributed by atoms with Crippen molar-refractivity contribution in [2.75, 3.05) is 0 Å². The van der Waals surface area contributed by atoms with Crippen molar-refractivity contribution in [1.29, 1.82) is 5.26 Å². The third kappa shape index (κ3) is 3.69. The first-order chi connectivity index (χ1) is 7.52. The number of aryl methyl sites for hydroxylation is 1. The third-order valence-corrected chi connectivity index (χ3v) is 2.53. The van der Waals surface area contributed by atoms with Gasteiger partial charge in [-0.05, 0) is 31.9 Å². The number of aromatic nitrogens is 1. The van der Waals surface area contributed by atoms with Gasteiger partial charge in [0.2, 0.25) is 0 Å². The molecule has 2 unspecified atom stereocenters. The lowest BCUT2D eigenvalue weighted by Crippen LogP contribution is -2.28. The molecule has 0 aromatic carbocycles. The highest BCUT2D eigenvalue weighted by atomic mass is 16.3. The van der Waals surface area contributed by atoms with Crippen molar-refractivity contribution < 1.29 is 5.11 Å². The molecule has 0 radical (unpaired) electrons. The van der Waals surface area contributed by atoms with Crippen molar-refractivity contribution in [1.82, 2.24) is 9.88 Å². The van der Waals surface area contributed by atoms with E-state index in [1.54, 1.807) is 6.92 Å². The summed E-state index contributed by atoms with van der Waals surface area (Å²) in [5.41, 5.74) is 1.76. The first-order valence-electron chi connectivity index (χ1n) is 5.49. The quantitative estimate of drug-likeness (QED) is 0.784. The van der Waals surface area contributed by atoms with E-state index in [0.29, 0.717) is 5.69 Å². The molecule has 16 heavy (non-hydrogen) atoms. The summed E-state index contributed by atoms with van der Waals surface area (Å²) in [4.78, 5) is 0. The predicted molar refractivity (Wildman–Crippen MR) is 62.7 cm³/mol. The first-order valence-corrected chi connectivity index (χ1v) is 5.49. The van der Waals surface area contributed by atoms with Crippen molar-refractivity contribution >= 4 is 0 Å². The van der Waals surface area contributed by atoms with E-state index in [-0.39, 0.29) is 12.1 Å². The lowest BCUT2D eigenvalue weighted by Gasteiger charge is -2.14. The molecule has 1 rings (SSSR count). The number of nitrogens with one attached hydrogen (secondary N) is 1. The minimum absolute atomic E-state index is 0.269. The standard InChI is InChI=1S/C12H19N3O/c1-9(4-10(2)16)14-7-11-5-12(6-13)15(3)8-11/h5,8-10,14,16H,4,7H2,1-3H3. The van der Waals surface area contributed by atoms with E-state index in [9.17, 15) is 5.11 Å². The molecule has 0 amide bonds. The van der Waals surface area contributed by atoms with Crippen LogP contribution < -0.4 is 5.32 Å². The second kappa shape index (κ2) is 5.69. The smallest absolute Gasteiger partial charge is 0.120 e. The molecular formula is C12H19N3O. The fourth-order valence-electron chi connectivity index (χ4n) is 1.73. The fourth-order valence-corrected chi connectivity index (χ4v) is 1.73. The van der Waals surface area contributed by atoms with E-state index in [4.69, 9.17) is 5.26 Å². The van der Waals surface area contributed by atoms with Gasteiger partial charge in [0.05, 0.1) is 6.10 Å². The van der Waals surface area contributed by atoms with Crippen molar-refractivity contribution in [3.8, 4) is 6.07 Å². The van der Waals surface area contributed by atoms with Gasteiger partial charge in [0.1, 0.15) is 11.8 Å². The number of nitrogens with zero attached hydrogens (tertiary/aromatic N) is 2. The number of aliphatic hydroxyl groups is 1. The fraction of sp³-hybridized carbons (Fsp3) is 0.583. The van der Waals surface area contributed by atoms with Crippen LogP contribution in [-0.4, -0.2) is 21.8 Å². The van der Waals surface area contributed by atoms with Crippen molar-refractivity contribution in [2.24, 2.45) is 7.05 Å². The van der Waals surface area contributed by atoms with Crippen LogP contribution in [0.15, 0.2) is 12.3 Å². The highest BCUT2D eigenvalue weighted by molar-refractivity contribution is 5.28. The molecule has 0 aliphatic carbocycles. The Morgan fingerprint density at radius 3 is 2.75 bits per heavy atom. The Morgan fingerprint density at radius 2 is 2.25 bits per heavy atom. The van der Waals surface area contributed by atoms with Crippen molar-refractivity contribution in [2.45, 2.75) is 39.0 Å². The summed E-state index contributed by atoms with van der Waals surface area (Å²) in [5.74, 6) is 0. The third-order valence-electron chi connectivity index (χ3n) is 2.53. The second-order valence-corrected chi connectivity index (χ2v) is 4.32. The van der Waals surface area contributed by atoms with E-state index in [2.05, 4.69) is 11.4 Å². The number of nitriles is 1. The molecule has 0 aliphatic rings. The van der Waals surface area contributed by atoms with Crippen LogP contribution in [0.5, 0.6) is 0 Å². The molecular weight excluding hydrogens is 202 g/mol. The van der Waals surface area contributed by atoms with E-state index in [0.717, 1.165) is 18.5 Å². The van der Waals surface area contributed by atoms with Crippen LogP contribution in [0.3, 0.4) is 0 Å². The van der Waals surface area contributed by atoms with Gasteiger partial charge in [0.25, 0.3) is 0 Å². The molecule has 1 aromatic rings. The van der Waals surface area contributed by atoms with Crippen LogP contribution in [0.4, 0.5) is 0 Å². The molecule has 0 spiro atoms. The van der Waals surface area contributed by atoms with E-state index >= 15 is 0 Å². The summed E-state index contributed by atoms with van der Waals surface area (Å²) in [6.07, 6.45) is 2.39. The van der Waals surface area contributed by atoms with Crippen LogP contribution in [-0.2, 0) is 13.6 Å². The SMILES string of the molecule is CC(O)CC(C)NCc1cc(C#N)n(C)c1. The summed E-state index contributed by atoms with van der Waals surface area (Å²) in [6.45, 7) is 4.55. The van der Waals surface area contributed by atoms with Crippen molar-refractivity contribution in [3.05, 3.63) is 23.5 Å². The summed E-state index contributed by atoms with van der Waals surface area (Å²) in [5, 5.41) is 21.3. The van der Waals surface area contributed by atoms with Crippen LogP contribution in [0, 0.1) is 11.3 Å². The molecule has 0 fully saturated rings. The van der Waals surface area contributed by atoms with Gasteiger partial charge in [0, 0.05) is 25.8 Å². The number of hydrogen-bond acceptors (Lipinski definition) is 3. The molecule has 0 aliphatic heterocycles. The summed E-state index contributed by atoms with van der Waals surface area (Å²) >= 11 is 0. The van der Waals surface area contributed by atoms with Crippen LogP contribution >= 0.6 is 0 Å². The molecule has 1 heterocycles. The zero-order valence-electron chi connectivity index (χ0n) is 10.1. The van der Waals surface area contributed by atoms with E-state index in [1.807, 2.05) is 30.8 Å². The normalized spacial score (nSPS) is 14.4. The van der Waals surface area contributed by atoms with Gasteiger partial charge in [-0.25, -0.2) is 0 Å². The summed E-state index contributed by atoms with van der Waals surface area (Å²) in [7, 11) is 1.86. The van der Waals surface area contributed by atoms with Crippen LogP contribution in [0.2, 0.25) is 0 Å². The maximum Gasteiger partial charge on any atom is 0.120 e. The Morgan fingerprint density at radius 1 is 1.56 bits per heavy atom. The topological polar surface area (TPSA) is 61.0 Å². The molecule has 4 nitrogen and oxygen atoms in total. The second-order valence-electron chi connectivity index (χ2n) is 4.32. The number of hydrogen-bond donors (Lipinski definition) is 2. The Labute approximate surface area is 96.5 Å². The molecule has 2 atom stereocenters. The largest absolute Gasteiger partial charge is 0.393 e. The lowest BCUT2D eigenvalue weighted by molar-refractivity contribution is 0.170. The van der Waals surface area contributed by atoms with E-state index in [1.165, 1.54) is 0 Å². The summed E-state index contributed by atoms with van der Waals surface area (Å²) in [6, 6.07) is 4.28.